The molecule has 1 aliphatic heterocycles. The molecule has 2 aliphatic carbocycles. The Morgan fingerprint density at radius 1 is 0.791 bits per heavy atom. The van der Waals surface area contributed by atoms with Crippen LogP contribution in [-0.4, -0.2) is 30.3 Å². The summed E-state index contributed by atoms with van der Waals surface area (Å²) in [5.41, 5.74) is 0.961. The van der Waals surface area contributed by atoms with Crippen molar-refractivity contribution in [2.24, 2.45) is 41.4 Å². The molecule has 1 aromatic heterocycles. The van der Waals surface area contributed by atoms with Crippen LogP contribution in [0, 0.1) is 41.4 Å². The number of hydrogen-bond donors (Lipinski definition) is 0. The molecule has 1 aromatic carbocycles. The van der Waals surface area contributed by atoms with Crippen molar-refractivity contribution in [3.8, 4) is 0 Å². The van der Waals surface area contributed by atoms with Gasteiger partial charge in [-0.05, 0) is 84.3 Å². The second-order valence-corrected chi connectivity index (χ2v) is 15.1. The SMILES string of the molecule is CC(C)[C@@H]1CC[C@@H](C)C[C@H]1OC(=O)[C@H]1[C@@H](c2ccccc2)C=C(c2cccs2)O[C@H]1C(=O)O[C@@H]1C[C@H](C)CC[C@H]1C(C)C. The Hall–Kier alpha value is -2.60. The maximum Gasteiger partial charge on any atom is 0.348 e. The summed E-state index contributed by atoms with van der Waals surface area (Å²) in [5, 5.41) is 2.00. The molecule has 5 nitrogen and oxygen atoms in total. The zero-order valence-electron chi connectivity index (χ0n) is 26.7. The summed E-state index contributed by atoms with van der Waals surface area (Å²) in [5.74, 6) is 0.964. The first kappa shape index (κ1) is 31.8. The second-order valence-electron chi connectivity index (χ2n) is 14.1. The third kappa shape index (κ3) is 7.38. The van der Waals surface area contributed by atoms with Gasteiger partial charge in [-0.1, -0.05) is 90.8 Å². The van der Waals surface area contributed by atoms with Crippen LogP contribution in [-0.2, 0) is 23.8 Å². The highest BCUT2D eigenvalue weighted by Crippen LogP contribution is 2.44. The van der Waals surface area contributed by atoms with Crippen LogP contribution in [0.25, 0.3) is 5.76 Å². The van der Waals surface area contributed by atoms with E-state index in [-0.39, 0.29) is 24.1 Å². The van der Waals surface area contributed by atoms with Crippen LogP contribution >= 0.6 is 11.3 Å². The molecule has 0 N–H and O–H groups in total. The van der Waals surface area contributed by atoms with Crippen molar-refractivity contribution < 1.29 is 23.8 Å². The highest BCUT2D eigenvalue weighted by Gasteiger charge is 2.49. The normalized spacial score (nSPS) is 33.0. The summed E-state index contributed by atoms with van der Waals surface area (Å²) in [6.07, 6.45) is 6.62. The van der Waals surface area contributed by atoms with E-state index < -0.39 is 18.0 Å². The average Bonchev–Trinajstić information content (AvgIpc) is 3.52. The standard InChI is InChI=1S/C37H50O5S/c1-22(2)27-16-14-24(5)19-30(27)41-36(38)34-29(26-11-8-7-9-12-26)21-32(33-13-10-18-43-33)40-35(34)37(39)42-31-20-25(6)15-17-28(31)23(3)4/h7-13,18,21-25,27-31,34-35H,14-17,19-20H2,1-6H3/t24-,25-,27+,28+,29-,30-,31-,34+,35-/m1/s1. The van der Waals surface area contributed by atoms with Crippen molar-refractivity contribution in [1.29, 1.82) is 0 Å². The van der Waals surface area contributed by atoms with E-state index >= 15 is 0 Å². The lowest BCUT2D eigenvalue weighted by Crippen LogP contribution is -2.48. The predicted molar refractivity (Wildman–Crippen MR) is 172 cm³/mol. The Bertz CT molecular complexity index is 1230. The van der Waals surface area contributed by atoms with Gasteiger partial charge in [0.25, 0.3) is 0 Å². The minimum atomic E-state index is -1.09. The second kappa shape index (κ2) is 14.0. The first-order valence-corrected chi connectivity index (χ1v) is 17.4. The highest BCUT2D eigenvalue weighted by atomic mass is 32.1. The van der Waals surface area contributed by atoms with Crippen molar-refractivity contribution in [3.63, 3.8) is 0 Å². The van der Waals surface area contributed by atoms with Gasteiger partial charge in [0.15, 0.2) is 0 Å². The lowest BCUT2D eigenvalue weighted by atomic mass is 9.75. The quantitative estimate of drug-likeness (QED) is 0.281. The molecule has 2 aromatic rings. The molecule has 0 unspecified atom stereocenters. The van der Waals surface area contributed by atoms with E-state index in [9.17, 15) is 9.59 Å². The van der Waals surface area contributed by atoms with Crippen LogP contribution in [0.2, 0.25) is 0 Å². The molecule has 0 bridgehead atoms. The van der Waals surface area contributed by atoms with Gasteiger partial charge in [-0.3, -0.25) is 4.79 Å². The number of rotatable bonds is 8. The molecule has 5 rings (SSSR count). The first-order valence-electron chi connectivity index (χ1n) is 16.5. The van der Waals surface area contributed by atoms with Gasteiger partial charge in [-0.25, -0.2) is 4.79 Å². The number of carbonyl (C=O) groups is 2. The average molecular weight is 607 g/mol. The summed E-state index contributed by atoms with van der Waals surface area (Å²) < 4.78 is 19.3. The number of carbonyl (C=O) groups excluding carboxylic acids is 2. The van der Waals surface area contributed by atoms with Crippen molar-refractivity contribution in [1.82, 2.24) is 0 Å². The Balaban J connectivity index is 1.51. The van der Waals surface area contributed by atoms with Gasteiger partial charge in [0.05, 0.1) is 4.88 Å². The molecular formula is C37H50O5S. The number of esters is 2. The molecule has 2 saturated carbocycles. The van der Waals surface area contributed by atoms with Gasteiger partial charge in [0, 0.05) is 5.92 Å². The maximum atomic E-state index is 14.4. The summed E-state index contributed by atoms with van der Waals surface area (Å²) in [7, 11) is 0. The summed E-state index contributed by atoms with van der Waals surface area (Å²) in [4.78, 5) is 29.6. The maximum absolute atomic E-state index is 14.4. The number of hydrogen-bond acceptors (Lipinski definition) is 6. The smallest absolute Gasteiger partial charge is 0.348 e. The summed E-state index contributed by atoms with van der Waals surface area (Å²) in [6.45, 7) is 13.3. The van der Waals surface area contributed by atoms with Gasteiger partial charge in [0.2, 0.25) is 6.10 Å². The van der Waals surface area contributed by atoms with Crippen molar-refractivity contribution in [2.45, 2.75) is 104 Å². The third-order valence-corrected chi connectivity index (χ3v) is 11.1. The molecule has 43 heavy (non-hydrogen) atoms. The van der Waals surface area contributed by atoms with Crippen molar-refractivity contribution >= 4 is 29.0 Å². The molecule has 0 saturated heterocycles. The van der Waals surface area contributed by atoms with Gasteiger partial charge in [-0.15, -0.1) is 11.3 Å². The fourth-order valence-electron chi connectivity index (χ4n) is 7.65. The molecule has 9 atom stereocenters. The molecule has 2 fully saturated rings. The third-order valence-electron chi connectivity index (χ3n) is 10.2. The topological polar surface area (TPSA) is 61.8 Å². The van der Waals surface area contributed by atoms with E-state index in [0.29, 0.717) is 41.3 Å². The van der Waals surface area contributed by atoms with Crippen LogP contribution < -0.4 is 0 Å². The van der Waals surface area contributed by atoms with E-state index in [1.807, 2.05) is 53.9 Å². The predicted octanol–water partition coefficient (Wildman–Crippen LogP) is 8.90. The number of thiophene rings is 1. The zero-order chi connectivity index (χ0) is 30.7. The minimum absolute atomic E-state index is 0.170. The van der Waals surface area contributed by atoms with Gasteiger partial charge in [-0.2, -0.15) is 0 Å². The molecular weight excluding hydrogens is 556 g/mol. The van der Waals surface area contributed by atoms with Crippen LogP contribution in [0.1, 0.15) is 96.4 Å². The Kier molecular flexibility index (Phi) is 10.4. The summed E-state index contributed by atoms with van der Waals surface area (Å²) in [6, 6.07) is 14.0. The van der Waals surface area contributed by atoms with Gasteiger partial charge >= 0.3 is 11.9 Å². The van der Waals surface area contributed by atoms with E-state index in [4.69, 9.17) is 14.2 Å². The molecule has 0 radical (unpaired) electrons. The molecule has 3 aliphatic rings. The zero-order valence-corrected chi connectivity index (χ0v) is 27.6. The van der Waals surface area contributed by atoms with Crippen LogP contribution in [0.4, 0.5) is 0 Å². The van der Waals surface area contributed by atoms with Crippen molar-refractivity contribution in [2.75, 3.05) is 0 Å². The molecule has 2 heterocycles. The largest absolute Gasteiger partial charge is 0.477 e. The lowest BCUT2D eigenvalue weighted by molar-refractivity contribution is -0.180. The monoisotopic (exact) mass is 606 g/mol. The Labute approximate surface area is 262 Å². The van der Waals surface area contributed by atoms with Crippen LogP contribution in [0.3, 0.4) is 0 Å². The fraction of sp³-hybridized carbons (Fsp3) is 0.622. The van der Waals surface area contributed by atoms with Crippen molar-refractivity contribution in [3.05, 3.63) is 64.4 Å². The van der Waals surface area contributed by atoms with E-state index in [1.165, 1.54) is 0 Å². The number of benzene rings is 1. The summed E-state index contributed by atoms with van der Waals surface area (Å²) >= 11 is 1.56. The molecule has 0 spiro atoms. The number of allylic oxidation sites excluding steroid dienone is 1. The van der Waals surface area contributed by atoms with Crippen LogP contribution in [0.15, 0.2) is 53.9 Å². The Morgan fingerprint density at radius 2 is 1.37 bits per heavy atom. The van der Waals surface area contributed by atoms with Crippen LogP contribution in [0.5, 0.6) is 0 Å². The molecule has 0 amide bonds. The first-order chi connectivity index (χ1) is 20.6. The molecule has 234 valence electrons. The lowest BCUT2D eigenvalue weighted by Gasteiger charge is -2.41. The van der Waals surface area contributed by atoms with E-state index in [1.54, 1.807) is 11.3 Å². The van der Waals surface area contributed by atoms with E-state index in [0.717, 1.165) is 49.0 Å². The van der Waals surface area contributed by atoms with E-state index in [2.05, 4.69) is 41.5 Å². The molecule has 6 heteroatoms. The fourth-order valence-corrected chi connectivity index (χ4v) is 8.34. The highest BCUT2D eigenvalue weighted by molar-refractivity contribution is 7.11. The van der Waals surface area contributed by atoms with Gasteiger partial charge < -0.3 is 14.2 Å². The Morgan fingerprint density at radius 3 is 1.91 bits per heavy atom. The number of ether oxygens (including phenoxy) is 3. The van der Waals surface area contributed by atoms with Gasteiger partial charge in [0.1, 0.15) is 23.9 Å². The minimum Gasteiger partial charge on any atom is -0.477 e.